The quantitative estimate of drug-likeness (QED) is 0.355. The summed E-state index contributed by atoms with van der Waals surface area (Å²) in [4.78, 5) is 41.8. The summed E-state index contributed by atoms with van der Waals surface area (Å²) < 4.78 is 45.5. The Hall–Kier alpha value is -4.20. The van der Waals surface area contributed by atoms with E-state index in [1.54, 1.807) is 42.5 Å². The molecule has 0 spiro atoms. The Morgan fingerprint density at radius 3 is 1.90 bits per heavy atom. The van der Waals surface area contributed by atoms with Crippen molar-refractivity contribution in [1.82, 2.24) is 10.2 Å². The van der Waals surface area contributed by atoms with Gasteiger partial charge in [0.1, 0.15) is 0 Å². The van der Waals surface area contributed by atoms with Crippen molar-refractivity contribution < 1.29 is 27.6 Å². The molecule has 0 unspecified atom stereocenters. The van der Waals surface area contributed by atoms with Crippen molar-refractivity contribution in [3.05, 3.63) is 118 Å². The van der Waals surface area contributed by atoms with E-state index in [2.05, 4.69) is 0 Å². The van der Waals surface area contributed by atoms with Gasteiger partial charge in [-0.05, 0) is 42.0 Å². The van der Waals surface area contributed by atoms with Crippen molar-refractivity contribution >= 4 is 17.6 Å². The molecule has 1 N–H and O–H groups in total. The average Bonchev–Trinajstić information content (AvgIpc) is 3.13. The molecule has 40 heavy (non-hydrogen) atoms. The maximum absolute atomic E-state index is 15.2. The van der Waals surface area contributed by atoms with Crippen LogP contribution in [-0.4, -0.2) is 40.8 Å². The number of carbonyl (C=O) groups is 3. The zero-order chi connectivity index (χ0) is 29.3. The zero-order valence-electron chi connectivity index (χ0n) is 22.8. The molecular formula is C32H31F3N2O3. The molecule has 0 radical (unpaired) electrons. The van der Waals surface area contributed by atoms with Gasteiger partial charge in [0.05, 0.1) is 5.57 Å². The Morgan fingerprint density at radius 2 is 1.38 bits per heavy atom. The maximum atomic E-state index is 15.2. The first-order valence-electron chi connectivity index (χ1n) is 12.9. The first-order chi connectivity index (χ1) is 18.8. The standard InChI is InChI=1S/C32H31F3N2O3/c1-21-26(27(38)23-13-9-6-10-14-23)31(32(33,34)35,29(40)37(21)20-19-22-11-7-5-8-12-22)36-28(39)24-15-17-25(18-16-24)30(2,3)4/h5-18H,19-20H2,1-4H3,(H,36,39)/t31-/m1/s1. The summed E-state index contributed by atoms with van der Waals surface area (Å²) in [7, 11) is 0. The number of halogens is 3. The molecule has 0 aliphatic carbocycles. The Balaban J connectivity index is 1.80. The third-order valence-corrected chi connectivity index (χ3v) is 7.18. The summed E-state index contributed by atoms with van der Waals surface area (Å²) in [6, 6.07) is 22.6. The second-order valence-corrected chi connectivity index (χ2v) is 10.9. The fourth-order valence-electron chi connectivity index (χ4n) is 4.91. The Morgan fingerprint density at radius 1 is 0.825 bits per heavy atom. The number of carbonyl (C=O) groups excluding carboxylic acids is 3. The molecule has 1 heterocycles. The van der Waals surface area contributed by atoms with Crippen LogP contribution in [-0.2, 0) is 16.6 Å². The van der Waals surface area contributed by atoms with Crippen LogP contribution in [0.4, 0.5) is 13.2 Å². The second kappa shape index (κ2) is 10.8. The van der Waals surface area contributed by atoms with Gasteiger partial charge in [-0.25, -0.2) is 0 Å². The molecule has 1 aliphatic rings. The van der Waals surface area contributed by atoms with Gasteiger partial charge >= 0.3 is 6.18 Å². The van der Waals surface area contributed by atoms with Crippen LogP contribution in [0.3, 0.4) is 0 Å². The van der Waals surface area contributed by atoms with Gasteiger partial charge in [0.2, 0.25) is 5.54 Å². The fourth-order valence-corrected chi connectivity index (χ4v) is 4.91. The van der Waals surface area contributed by atoms with Gasteiger partial charge in [-0.1, -0.05) is 93.6 Å². The molecule has 208 valence electrons. The maximum Gasteiger partial charge on any atom is 0.425 e. The van der Waals surface area contributed by atoms with Crippen LogP contribution >= 0.6 is 0 Å². The summed E-state index contributed by atoms with van der Waals surface area (Å²) in [5.74, 6) is -3.50. The predicted octanol–water partition coefficient (Wildman–Crippen LogP) is 6.26. The molecule has 5 nitrogen and oxygen atoms in total. The second-order valence-electron chi connectivity index (χ2n) is 10.9. The largest absolute Gasteiger partial charge is 0.425 e. The molecule has 3 aromatic carbocycles. The van der Waals surface area contributed by atoms with Crippen molar-refractivity contribution in [1.29, 1.82) is 0 Å². The topological polar surface area (TPSA) is 66.5 Å². The molecule has 2 amide bonds. The molecule has 1 atom stereocenters. The number of allylic oxidation sites excluding steroid dienone is 1. The number of rotatable bonds is 7. The highest BCUT2D eigenvalue weighted by Gasteiger charge is 2.70. The SMILES string of the molecule is CC1=C(C(=O)c2ccccc2)[C@](NC(=O)c2ccc(C(C)(C)C)cc2)(C(F)(F)F)C(=O)N1CCc1ccccc1. The molecule has 4 rings (SSSR count). The highest BCUT2D eigenvalue weighted by molar-refractivity contribution is 6.19. The van der Waals surface area contributed by atoms with Crippen LogP contribution in [0.1, 0.15) is 59.5 Å². The number of amides is 2. The minimum atomic E-state index is -5.31. The van der Waals surface area contributed by atoms with Crippen LogP contribution < -0.4 is 5.32 Å². The van der Waals surface area contributed by atoms with Crippen molar-refractivity contribution in [2.24, 2.45) is 0 Å². The van der Waals surface area contributed by atoms with Crippen molar-refractivity contribution in [2.45, 2.75) is 51.2 Å². The van der Waals surface area contributed by atoms with Gasteiger partial charge in [-0.3, -0.25) is 14.4 Å². The van der Waals surface area contributed by atoms with E-state index in [1.165, 1.54) is 43.3 Å². The number of ketones is 1. The van der Waals surface area contributed by atoms with Crippen LogP contribution in [0.15, 0.2) is 96.2 Å². The number of nitrogens with one attached hydrogen (secondary N) is 1. The van der Waals surface area contributed by atoms with Crippen LogP contribution in [0.25, 0.3) is 0 Å². The van der Waals surface area contributed by atoms with E-state index in [0.717, 1.165) is 16.0 Å². The number of hydrogen-bond donors (Lipinski definition) is 1. The van der Waals surface area contributed by atoms with Crippen LogP contribution in [0.2, 0.25) is 0 Å². The van der Waals surface area contributed by atoms with Gasteiger partial charge in [-0.15, -0.1) is 0 Å². The van der Waals surface area contributed by atoms with Crippen LogP contribution in [0.5, 0.6) is 0 Å². The van der Waals surface area contributed by atoms with Crippen molar-refractivity contribution in [3.63, 3.8) is 0 Å². The van der Waals surface area contributed by atoms with E-state index in [9.17, 15) is 14.4 Å². The van der Waals surface area contributed by atoms with Gasteiger partial charge in [0, 0.05) is 23.4 Å². The number of nitrogens with zero attached hydrogens (tertiary/aromatic N) is 1. The number of alkyl halides is 3. The minimum absolute atomic E-state index is 0.0213. The number of Topliss-reactive ketones (excluding diaryl/α,β-unsaturated/α-hetero) is 1. The van der Waals surface area contributed by atoms with E-state index < -0.39 is 34.9 Å². The third kappa shape index (κ3) is 5.30. The summed E-state index contributed by atoms with van der Waals surface area (Å²) in [5.41, 5.74) is -3.12. The lowest BCUT2D eigenvalue weighted by Crippen LogP contribution is -2.66. The van der Waals surface area contributed by atoms with Crippen molar-refractivity contribution in [3.8, 4) is 0 Å². The molecule has 1 aliphatic heterocycles. The molecule has 0 bridgehead atoms. The molecule has 0 fully saturated rings. The monoisotopic (exact) mass is 548 g/mol. The Labute approximate surface area is 231 Å². The normalized spacial score (nSPS) is 17.8. The summed E-state index contributed by atoms with van der Waals surface area (Å²) >= 11 is 0. The summed E-state index contributed by atoms with van der Waals surface area (Å²) in [6.07, 6.45) is -5.06. The van der Waals surface area contributed by atoms with E-state index in [1.807, 2.05) is 32.2 Å². The lowest BCUT2D eigenvalue weighted by Gasteiger charge is -2.33. The van der Waals surface area contributed by atoms with Crippen molar-refractivity contribution in [2.75, 3.05) is 6.54 Å². The summed E-state index contributed by atoms with van der Waals surface area (Å²) in [6.45, 7) is 7.12. The van der Waals surface area contributed by atoms with Gasteiger partial charge in [-0.2, -0.15) is 13.2 Å². The minimum Gasteiger partial charge on any atom is -0.326 e. The molecule has 3 aromatic rings. The third-order valence-electron chi connectivity index (χ3n) is 7.18. The first kappa shape index (κ1) is 28.8. The van der Waals surface area contributed by atoms with Gasteiger partial charge in [0.25, 0.3) is 11.8 Å². The highest BCUT2D eigenvalue weighted by Crippen LogP contribution is 2.46. The number of hydrogen-bond acceptors (Lipinski definition) is 3. The number of benzene rings is 3. The molecule has 0 saturated heterocycles. The van der Waals surface area contributed by atoms with E-state index >= 15 is 13.2 Å². The molecule has 0 aromatic heterocycles. The molecular weight excluding hydrogens is 517 g/mol. The van der Waals surface area contributed by atoms with Gasteiger partial charge < -0.3 is 10.2 Å². The Kier molecular flexibility index (Phi) is 7.74. The molecule has 8 heteroatoms. The van der Waals surface area contributed by atoms with Crippen LogP contribution in [0, 0.1) is 0 Å². The van der Waals surface area contributed by atoms with E-state index in [0.29, 0.717) is 0 Å². The Bertz CT molecular complexity index is 1440. The lowest BCUT2D eigenvalue weighted by atomic mass is 9.83. The summed E-state index contributed by atoms with van der Waals surface area (Å²) in [5, 5.41) is 1.98. The average molecular weight is 549 g/mol. The van der Waals surface area contributed by atoms with E-state index in [4.69, 9.17) is 0 Å². The zero-order valence-corrected chi connectivity index (χ0v) is 22.8. The first-order valence-corrected chi connectivity index (χ1v) is 12.9. The highest BCUT2D eigenvalue weighted by atomic mass is 19.4. The molecule has 0 saturated carbocycles. The smallest absolute Gasteiger partial charge is 0.326 e. The lowest BCUT2D eigenvalue weighted by molar-refractivity contribution is -0.189. The predicted molar refractivity (Wildman–Crippen MR) is 147 cm³/mol. The van der Waals surface area contributed by atoms with Gasteiger partial charge in [0.15, 0.2) is 5.78 Å². The van der Waals surface area contributed by atoms with E-state index in [-0.39, 0.29) is 35.2 Å². The fraction of sp³-hybridized carbons (Fsp3) is 0.281.